The molecule has 2 rings (SSSR count). The van der Waals surface area contributed by atoms with Gasteiger partial charge >= 0.3 is 0 Å². The Morgan fingerprint density at radius 1 is 1.29 bits per heavy atom. The molecule has 3 heteroatoms. The normalized spacial score (nSPS) is 25.2. The van der Waals surface area contributed by atoms with Gasteiger partial charge in [0, 0.05) is 12.0 Å². The molecule has 0 saturated carbocycles. The Hall–Kier alpha value is -1.34. The Morgan fingerprint density at radius 3 is 2.76 bits per heavy atom. The summed E-state index contributed by atoms with van der Waals surface area (Å²) >= 11 is 0. The van der Waals surface area contributed by atoms with Gasteiger partial charge in [-0.2, -0.15) is 0 Å². The highest BCUT2D eigenvalue weighted by molar-refractivity contribution is 5.36. The smallest absolute Gasteiger partial charge is 0.0721 e. The summed E-state index contributed by atoms with van der Waals surface area (Å²) in [5, 5.41) is 8.74. The van der Waals surface area contributed by atoms with Crippen molar-refractivity contribution in [2.45, 2.75) is 58.0 Å². The summed E-state index contributed by atoms with van der Waals surface area (Å²) in [6.45, 7) is 4.92. The molecule has 0 radical (unpaired) electrons. The molecule has 1 saturated heterocycles. The molecule has 1 aliphatic heterocycles. The van der Waals surface area contributed by atoms with Crippen molar-refractivity contribution in [3.8, 4) is 11.8 Å². The van der Waals surface area contributed by atoms with Crippen LogP contribution in [-0.2, 0) is 16.1 Å². The van der Waals surface area contributed by atoms with Crippen LogP contribution in [0.3, 0.4) is 0 Å². The van der Waals surface area contributed by atoms with Crippen LogP contribution in [0.4, 0.5) is 0 Å². The third-order valence-electron chi connectivity index (χ3n) is 3.54. The zero-order valence-electron chi connectivity index (χ0n) is 12.8. The molecule has 0 aliphatic carbocycles. The fraction of sp³-hybridized carbons (Fsp3) is 0.556. The second-order valence-corrected chi connectivity index (χ2v) is 5.64. The van der Waals surface area contributed by atoms with Crippen molar-refractivity contribution in [2.24, 2.45) is 0 Å². The summed E-state index contributed by atoms with van der Waals surface area (Å²) in [6.07, 6.45) is 3.25. The molecular formula is C18H24O3. The minimum absolute atomic E-state index is 0.107. The van der Waals surface area contributed by atoms with Gasteiger partial charge in [0.05, 0.1) is 31.5 Å². The average molecular weight is 288 g/mol. The van der Waals surface area contributed by atoms with Gasteiger partial charge in [-0.3, -0.25) is 0 Å². The van der Waals surface area contributed by atoms with E-state index in [-0.39, 0.29) is 24.9 Å². The lowest BCUT2D eigenvalue weighted by Gasteiger charge is -2.32. The van der Waals surface area contributed by atoms with Crippen molar-refractivity contribution in [1.29, 1.82) is 0 Å². The SMILES string of the molecule is CC1CC(OCc2cccc(C#CCCO)c2)CC(C)O1. The highest BCUT2D eigenvalue weighted by atomic mass is 16.5. The first-order valence-corrected chi connectivity index (χ1v) is 7.63. The van der Waals surface area contributed by atoms with Gasteiger partial charge in [-0.15, -0.1) is 0 Å². The molecule has 0 amide bonds. The van der Waals surface area contributed by atoms with Crippen LogP contribution in [0.25, 0.3) is 0 Å². The molecule has 1 aliphatic rings. The summed E-state index contributed by atoms with van der Waals surface area (Å²) < 4.78 is 11.7. The van der Waals surface area contributed by atoms with Crippen molar-refractivity contribution in [3.05, 3.63) is 35.4 Å². The Bertz CT molecular complexity index is 491. The van der Waals surface area contributed by atoms with E-state index in [4.69, 9.17) is 14.6 Å². The standard InChI is InChI=1S/C18H24O3/c1-14-10-18(11-15(2)21-14)20-13-17-8-5-7-16(12-17)6-3-4-9-19/h5,7-8,12,14-15,18-19H,4,9-11,13H2,1-2H3. The summed E-state index contributed by atoms with van der Waals surface area (Å²) in [5.41, 5.74) is 2.11. The van der Waals surface area contributed by atoms with Crippen LogP contribution < -0.4 is 0 Å². The quantitative estimate of drug-likeness (QED) is 0.866. The average Bonchev–Trinajstić information content (AvgIpc) is 2.45. The molecule has 1 heterocycles. The van der Waals surface area contributed by atoms with Crippen LogP contribution in [0.5, 0.6) is 0 Å². The minimum Gasteiger partial charge on any atom is -0.395 e. The molecule has 3 nitrogen and oxygen atoms in total. The number of ether oxygens (including phenoxy) is 2. The lowest BCUT2D eigenvalue weighted by molar-refractivity contribution is -0.106. The maximum absolute atomic E-state index is 8.74. The monoisotopic (exact) mass is 288 g/mol. The number of rotatable bonds is 4. The molecule has 0 spiro atoms. The highest BCUT2D eigenvalue weighted by Crippen LogP contribution is 2.22. The van der Waals surface area contributed by atoms with E-state index in [1.807, 2.05) is 12.1 Å². The molecule has 1 aromatic rings. The van der Waals surface area contributed by atoms with E-state index in [9.17, 15) is 0 Å². The summed E-state index contributed by atoms with van der Waals surface area (Å²) in [4.78, 5) is 0. The molecule has 2 unspecified atom stereocenters. The second kappa shape index (κ2) is 8.19. The second-order valence-electron chi connectivity index (χ2n) is 5.64. The Kier molecular flexibility index (Phi) is 6.25. The van der Waals surface area contributed by atoms with Crippen molar-refractivity contribution in [2.75, 3.05) is 6.61 Å². The van der Waals surface area contributed by atoms with Crippen LogP contribution in [-0.4, -0.2) is 30.0 Å². The number of aliphatic hydroxyl groups excluding tert-OH is 1. The molecular weight excluding hydrogens is 264 g/mol. The molecule has 114 valence electrons. The zero-order valence-corrected chi connectivity index (χ0v) is 12.8. The molecule has 1 aromatic carbocycles. The van der Waals surface area contributed by atoms with E-state index >= 15 is 0 Å². The van der Waals surface area contributed by atoms with E-state index in [1.54, 1.807) is 0 Å². The third-order valence-corrected chi connectivity index (χ3v) is 3.54. The van der Waals surface area contributed by atoms with E-state index in [1.165, 1.54) is 0 Å². The first-order valence-electron chi connectivity index (χ1n) is 7.63. The van der Waals surface area contributed by atoms with E-state index < -0.39 is 0 Å². The van der Waals surface area contributed by atoms with Gasteiger partial charge in [-0.1, -0.05) is 24.0 Å². The Labute approximate surface area is 127 Å². The maximum atomic E-state index is 8.74. The summed E-state index contributed by atoms with van der Waals surface area (Å²) in [5.74, 6) is 5.99. The Balaban J connectivity index is 1.88. The van der Waals surface area contributed by atoms with Crippen molar-refractivity contribution in [3.63, 3.8) is 0 Å². The number of aliphatic hydroxyl groups is 1. The van der Waals surface area contributed by atoms with Crippen LogP contribution in [0.1, 0.15) is 44.2 Å². The molecule has 0 aromatic heterocycles. The number of hydrogen-bond donors (Lipinski definition) is 1. The van der Waals surface area contributed by atoms with Gasteiger partial charge in [0.2, 0.25) is 0 Å². The summed E-state index contributed by atoms with van der Waals surface area (Å²) in [7, 11) is 0. The van der Waals surface area contributed by atoms with Gasteiger partial charge in [-0.05, 0) is 44.4 Å². The zero-order chi connectivity index (χ0) is 15.1. The van der Waals surface area contributed by atoms with E-state index in [0.29, 0.717) is 13.0 Å². The predicted octanol–water partition coefficient (Wildman–Crippen LogP) is 2.89. The van der Waals surface area contributed by atoms with Crippen molar-refractivity contribution in [1.82, 2.24) is 0 Å². The fourth-order valence-electron chi connectivity index (χ4n) is 2.65. The van der Waals surface area contributed by atoms with Crippen LogP contribution >= 0.6 is 0 Å². The van der Waals surface area contributed by atoms with Crippen molar-refractivity contribution < 1.29 is 14.6 Å². The highest BCUT2D eigenvalue weighted by Gasteiger charge is 2.24. The molecule has 0 bridgehead atoms. The topological polar surface area (TPSA) is 38.7 Å². The molecule has 1 fully saturated rings. The first-order chi connectivity index (χ1) is 10.2. The lowest BCUT2D eigenvalue weighted by atomic mass is 10.0. The van der Waals surface area contributed by atoms with Crippen LogP contribution in [0.2, 0.25) is 0 Å². The van der Waals surface area contributed by atoms with E-state index in [2.05, 4.69) is 37.8 Å². The first kappa shape index (κ1) is 16.0. The number of benzene rings is 1. The molecule has 2 atom stereocenters. The molecule has 21 heavy (non-hydrogen) atoms. The van der Waals surface area contributed by atoms with Crippen molar-refractivity contribution >= 4 is 0 Å². The van der Waals surface area contributed by atoms with Gasteiger partial charge in [-0.25, -0.2) is 0 Å². The van der Waals surface area contributed by atoms with Gasteiger partial charge in [0.1, 0.15) is 0 Å². The predicted molar refractivity (Wildman–Crippen MR) is 82.8 cm³/mol. The van der Waals surface area contributed by atoms with Gasteiger partial charge < -0.3 is 14.6 Å². The largest absolute Gasteiger partial charge is 0.395 e. The van der Waals surface area contributed by atoms with Crippen LogP contribution in [0.15, 0.2) is 24.3 Å². The molecule has 1 N–H and O–H groups in total. The summed E-state index contributed by atoms with van der Waals surface area (Å²) in [6, 6.07) is 8.09. The van der Waals surface area contributed by atoms with Crippen LogP contribution in [0, 0.1) is 11.8 Å². The van der Waals surface area contributed by atoms with E-state index in [0.717, 1.165) is 24.0 Å². The fourth-order valence-corrected chi connectivity index (χ4v) is 2.65. The van der Waals surface area contributed by atoms with Gasteiger partial charge in [0.25, 0.3) is 0 Å². The minimum atomic E-state index is 0.107. The number of hydrogen-bond acceptors (Lipinski definition) is 3. The van der Waals surface area contributed by atoms with Gasteiger partial charge in [0.15, 0.2) is 0 Å². The Morgan fingerprint density at radius 2 is 2.05 bits per heavy atom. The third kappa shape index (κ3) is 5.51. The maximum Gasteiger partial charge on any atom is 0.0721 e. The lowest BCUT2D eigenvalue weighted by Crippen LogP contribution is -2.33.